The van der Waals surface area contributed by atoms with Gasteiger partial charge in [-0.1, -0.05) is 58.1 Å². The Balaban J connectivity index is 1.45. The summed E-state index contributed by atoms with van der Waals surface area (Å²) >= 11 is 0. The molecule has 0 aliphatic carbocycles. The molecule has 3 aromatic rings. The van der Waals surface area contributed by atoms with Gasteiger partial charge < -0.3 is 54.5 Å². The maximum absolute atomic E-state index is 14.6. The number of amides is 1. The average Bonchev–Trinajstić information content (AvgIpc) is 3.41. The van der Waals surface area contributed by atoms with Gasteiger partial charge in [-0.15, -0.1) is 0 Å². The molecule has 68 heavy (non-hydrogen) atoms. The van der Waals surface area contributed by atoms with Gasteiger partial charge in [0.2, 0.25) is 0 Å². The van der Waals surface area contributed by atoms with E-state index >= 15 is 0 Å². The van der Waals surface area contributed by atoms with Crippen LogP contribution in [0.1, 0.15) is 81.9 Å². The number of aromatic hydroxyl groups is 3. The third-order valence-corrected chi connectivity index (χ3v) is 13.5. The van der Waals surface area contributed by atoms with Gasteiger partial charge in [0.1, 0.15) is 29.1 Å². The number of nitrogens with one attached hydrogen (secondary N) is 1. The van der Waals surface area contributed by atoms with Crippen molar-refractivity contribution in [3.05, 3.63) is 82.7 Å². The number of anilines is 1. The normalized spacial score (nSPS) is 29.5. The van der Waals surface area contributed by atoms with Crippen molar-refractivity contribution >= 4 is 40.3 Å². The molecule has 0 spiro atoms. The summed E-state index contributed by atoms with van der Waals surface area (Å²) in [6.45, 7) is 15.8. The number of hydrogen-bond acceptors (Lipinski definition) is 16. The van der Waals surface area contributed by atoms with Crippen LogP contribution in [0.15, 0.2) is 65.5 Å². The third-order valence-electron chi connectivity index (χ3n) is 13.5. The number of carbonyl (C=O) groups is 3. The fourth-order valence-corrected chi connectivity index (χ4v) is 9.23. The number of aliphatic hydroxyl groups excluding tert-OH is 2. The number of allylic oxidation sites excluding steroid dienone is 2. The Hall–Kier alpha value is -6.14. The van der Waals surface area contributed by atoms with E-state index in [9.17, 15) is 39.9 Å². The summed E-state index contributed by atoms with van der Waals surface area (Å²) in [6, 6.07) is 7.89. The van der Waals surface area contributed by atoms with Crippen molar-refractivity contribution in [2.75, 3.05) is 45.7 Å². The number of rotatable bonds is 7. The summed E-state index contributed by atoms with van der Waals surface area (Å²) in [6.07, 6.45) is 5.61. The number of aliphatic hydroxyl groups is 2. The summed E-state index contributed by atoms with van der Waals surface area (Å²) in [7, 11) is 3.06. The van der Waals surface area contributed by atoms with Crippen LogP contribution in [0.3, 0.4) is 0 Å². The number of fused-ring (bicyclic) bond motifs is 14. The van der Waals surface area contributed by atoms with Gasteiger partial charge in [0.25, 0.3) is 11.7 Å². The molecule has 0 unspecified atom stereocenters. The molecule has 1 saturated heterocycles. The highest BCUT2D eigenvalue weighted by Crippen LogP contribution is 2.55. The van der Waals surface area contributed by atoms with Gasteiger partial charge >= 0.3 is 11.8 Å². The van der Waals surface area contributed by atoms with E-state index in [2.05, 4.69) is 10.2 Å². The van der Waals surface area contributed by atoms with Crippen molar-refractivity contribution in [1.29, 1.82) is 0 Å². The van der Waals surface area contributed by atoms with Gasteiger partial charge in [-0.3, -0.25) is 24.3 Å². The van der Waals surface area contributed by atoms with E-state index in [4.69, 9.17) is 28.8 Å². The van der Waals surface area contributed by atoms with E-state index in [-0.39, 0.29) is 44.5 Å². The minimum Gasteiger partial charge on any atom is -0.507 e. The smallest absolute Gasteiger partial charge is 0.312 e. The number of hydrazone groups is 1. The maximum atomic E-state index is 14.6. The molecule has 1 fully saturated rings. The minimum atomic E-state index is -2.07. The van der Waals surface area contributed by atoms with E-state index in [0.717, 1.165) is 24.3 Å². The number of phenolic OH excluding ortho intramolecular Hbond substituents is 3. The van der Waals surface area contributed by atoms with Crippen LogP contribution in [0.4, 0.5) is 5.69 Å². The summed E-state index contributed by atoms with van der Waals surface area (Å²) in [4.78, 5) is 43.3. The zero-order valence-electron chi connectivity index (χ0n) is 40.5. The Morgan fingerprint density at radius 2 is 1.62 bits per heavy atom. The standard InChI is InChI=1S/C51H66N4O13/c1-27-13-11-14-28(2)50(63)53-41-36(25-52-55-21-12-20-54(22-23-55)26-34-15-17-35(64-9)18-16-34)45(60)38-39(46(41)61)44(59)32(6)48-40(38)49(62)51(8,68-48)66-24-19-37(65-10)29(3)47(67-33(7)56)31(5)43(58)30(4)42(27)57/h11,13-19,24-25,27,29-31,37,42-43,47,57-61H,12,20-23,26H2,1-10H3,(H,53,63)/b13-11+,24-19+,28-14-,52-25+/t27-,29+,30+,31+,37-,42-,43+,47+,51-/m0/s1. The lowest BCUT2D eigenvalue weighted by atomic mass is 9.78. The maximum Gasteiger partial charge on any atom is 0.312 e. The van der Waals surface area contributed by atoms with Gasteiger partial charge in [0.05, 0.1) is 60.1 Å². The second-order valence-corrected chi connectivity index (χ2v) is 18.3. The molecule has 5 bridgehead atoms. The Kier molecular flexibility index (Phi) is 16.2. The van der Waals surface area contributed by atoms with Gasteiger partial charge in [0.15, 0.2) is 5.75 Å². The van der Waals surface area contributed by atoms with Crippen LogP contribution in [0.25, 0.3) is 10.8 Å². The first kappa shape index (κ1) is 51.3. The molecule has 9 atom stereocenters. The van der Waals surface area contributed by atoms with Crippen molar-refractivity contribution < 1.29 is 63.6 Å². The van der Waals surface area contributed by atoms with E-state index in [1.807, 2.05) is 29.3 Å². The van der Waals surface area contributed by atoms with Gasteiger partial charge in [-0.2, -0.15) is 5.10 Å². The predicted molar refractivity (Wildman–Crippen MR) is 256 cm³/mol. The number of phenols is 3. The van der Waals surface area contributed by atoms with Crippen molar-refractivity contribution in [3.8, 4) is 28.7 Å². The molecule has 0 aromatic heterocycles. The van der Waals surface area contributed by atoms with Crippen LogP contribution in [0.2, 0.25) is 0 Å². The van der Waals surface area contributed by atoms with Gasteiger partial charge in [0, 0.05) is 93.9 Å². The van der Waals surface area contributed by atoms with Crippen LogP contribution < -0.4 is 14.8 Å². The van der Waals surface area contributed by atoms with E-state index in [0.29, 0.717) is 26.2 Å². The Morgan fingerprint density at radius 3 is 2.28 bits per heavy atom. The molecule has 6 N–H and O–H groups in total. The quantitative estimate of drug-likeness (QED) is 0.0661. The molecule has 4 heterocycles. The topological polar surface area (TPSA) is 229 Å². The molecule has 17 nitrogen and oxygen atoms in total. The fourth-order valence-electron chi connectivity index (χ4n) is 9.23. The minimum absolute atomic E-state index is 0.0479. The predicted octanol–water partition coefficient (Wildman–Crippen LogP) is 6.30. The van der Waals surface area contributed by atoms with Crippen molar-refractivity contribution in [3.63, 3.8) is 0 Å². The van der Waals surface area contributed by atoms with E-state index in [1.54, 1.807) is 47.0 Å². The molecular weight excluding hydrogens is 877 g/mol. The zero-order chi connectivity index (χ0) is 49.8. The molecule has 7 rings (SSSR count). The first-order valence-corrected chi connectivity index (χ1v) is 22.9. The highest BCUT2D eigenvalue weighted by Gasteiger charge is 2.50. The lowest BCUT2D eigenvalue weighted by Crippen LogP contribution is -2.46. The number of Topliss-reactive ketones (excluding diaryl/α,β-unsaturated/α-hetero) is 1. The molecular formula is C51H66N4O13. The second kappa shape index (κ2) is 21.4. The van der Waals surface area contributed by atoms with Gasteiger partial charge in [-0.05, 0) is 44.0 Å². The molecule has 0 radical (unpaired) electrons. The molecule has 368 valence electrons. The van der Waals surface area contributed by atoms with Crippen LogP contribution >= 0.6 is 0 Å². The first-order valence-electron chi connectivity index (χ1n) is 22.9. The molecule has 4 aliphatic heterocycles. The molecule has 1 amide bonds. The lowest BCUT2D eigenvalue weighted by molar-refractivity contribution is -0.160. The van der Waals surface area contributed by atoms with Crippen molar-refractivity contribution in [2.45, 2.75) is 98.6 Å². The number of carbonyl (C=O) groups excluding carboxylic acids is 3. The number of nitrogens with zero attached hydrogens (tertiary/aromatic N) is 3. The molecule has 17 heteroatoms. The molecule has 0 saturated carbocycles. The van der Waals surface area contributed by atoms with E-state index < -0.39 is 88.8 Å². The molecule has 3 aromatic carbocycles. The number of benzene rings is 3. The van der Waals surface area contributed by atoms with Gasteiger partial charge in [-0.25, -0.2) is 0 Å². The zero-order valence-corrected chi connectivity index (χ0v) is 40.5. The first-order chi connectivity index (χ1) is 32.2. The van der Waals surface area contributed by atoms with Crippen LogP contribution in [0.5, 0.6) is 28.7 Å². The second-order valence-electron chi connectivity index (χ2n) is 18.3. The fraction of sp³-hybridized carbons (Fsp3) is 0.490. The number of ether oxygens (including phenoxy) is 5. The van der Waals surface area contributed by atoms with E-state index in [1.165, 1.54) is 59.4 Å². The Bertz CT molecular complexity index is 2490. The van der Waals surface area contributed by atoms with Crippen LogP contribution in [-0.2, 0) is 30.3 Å². The number of esters is 1. The Labute approximate surface area is 397 Å². The van der Waals surface area contributed by atoms with Crippen LogP contribution in [0, 0.1) is 30.6 Å². The van der Waals surface area contributed by atoms with Crippen molar-refractivity contribution in [1.82, 2.24) is 9.91 Å². The lowest BCUT2D eigenvalue weighted by Gasteiger charge is -2.38. The van der Waals surface area contributed by atoms with Crippen LogP contribution in [-0.4, -0.2) is 130 Å². The summed E-state index contributed by atoms with van der Waals surface area (Å²) < 4.78 is 29.1. The highest BCUT2D eigenvalue weighted by molar-refractivity contribution is 6.23. The molecule has 4 aliphatic rings. The highest BCUT2D eigenvalue weighted by atomic mass is 16.7. The Morgan fingerprint density at radius 1 is 0.912 bits per heavy atom. The number of hydrogen-bond donors (Lipinski definition) is 6. The average molecular weight is 943 g/mol. The number of methoxy groups -OCH3 is 2. The number of ketones is 1. The monoisotopic (exact) mass is 942 g/mol. The summed E-state index contributed by atoms with van der Waals surface area (Å²) in [5.41, 5.74) is 0.723. The SMILES string of the molecule is COc1ccc(CN2CCCN(/N=C/c3c4c(O)c5c(O)c(C)c6c(c5c3O)C(=O)[C@@](C)(O/C=C/[C@H](OC)[C@@H](C)[C@@H](OC(C)=O)[C@H](C)[C@H](O)[C@H](C)[C@@H](O)[C@@H](C)/C=C/C=C(/C)C(=O)N4)O6)CC2)cc1. The largest absolute Gasteiger partial charge is 0.507 e. The van der Waals surface area contributed by atoms with Crippen molar-refractivity contribution in [2.24, 2.45) is 28.8 Å². The third kappa shape index (κ3) is 10.6. The summed E-state index contributed by atoms with van der Waals surface area (Å²) in [5.74, 6) is -7.71. The summed E-state index contributed by atoms with van der Waals surface area (Å²) in [5, 5.41) is 67.9.